The minimum atomic E-state index is 0.305. The van der Waals surface area contributed by atoms with E-state index in [1.165, 1.54) is 16.4 Å². The molecule has 1 aliphatic rings. The van der Waals surface area contributed by atoms with Crippen LogP contribution in [0.4, 0.5) is 0 Å². The molecule has 0 fully saturated rings. The van der Waals surface area contributed by atoms with Gasteiger partial charge >= 0.3 is 0 Å². The molecule has 0 amide bonds. The first-order chi connectivity index (χ1) is 13.3. The third-order valence-electron chi connectivity index (χ3n) is 3.86. The van der Waals surface area contributed by atoms with Crippen molar-refractivity contribution in [3.8, 4) is 11.5 Å². The van der Waals surface area contributed by atoms with Crippen LogP contribution in [0.2, 0.25) is 5.28 Å². The molecule has 1 aliphatic heterocycles. The van der Waals surface area contributed by atoms with Crippen molar-refractivity contribution in [3.05, 3.63) is 23.3 Å². The Hall–Kier alpha value is -0.768. The van der Waals surface area contributed by atoms with Gasteiger partial charge in [-0.1, -0.05) is 33.6 Å². The molecule has 2 rings (SSSR count). The zero-order valence-corrected chi connectivity index (χ0v) is 18.4. The lowest BCUT2D eigenvalue weighted by Gasteiger charge is -2.11. The van der Waals surface area contributed by atoms with Crippen LogP contribution in [0.5, 0.6) is 11.5 Å². The molecule has 0 spiro atoms. The molecular formula is C21H35AlO5. The number of ether oxygens (including phenoxy) is 5. The van der Waals surface area contributed by atoms with E-state index in [0.29, 0.717) is 39.8 Å². The van der Waals surface area contributed by atoms with Crippen LogP contribution in [0.25, 0.3) is 0 Å². The molecule has 0 unspecified atom stereocenters. The molecule has 0 saturated heterocycles. The van der Waals surface area contributed by atoms with Gasteiger partial charge in [0.2, 0.25) is 6.79 Å². The molecule has 0 aliphatic carbocycles. The molecule has 152 valence electrons. The van der Waals surface area contributed by atoms with Gasteiger partial charge in [-0.2, -0.15) is 0 Å². The minimum Gasteiger partial charge on any atom is -0.454 e. The van der Waals surface area contributed by atoms with Gasteiger partial charge in [0.05, 0.1) is 33.0 Å². The maximum Gasteiger partial charge on any atom is 0.231 e. The van der Waals surface area contributed by atoms with Gasteiger partial charge in [-0.15, -0.1) is 5.28 Å². The third kappa shape index (κ3) is 10.4. The lowest BCUT2D eigenvalue weighted by molar-refractivity contribution is 0.0101. The van der Waals surface area contributed by atoms with Crippen molar-refractivity contribution in [2.75, 3.05) is 39.8 Å². The van der Waals surface area contributed by atoms with Crippen molar-refractivity contribution in [3.63, 3.8) is 0 Å². The van der Waals surface area contributed by atoms with Gasteiger partial charge in [-0.3, -0.25) is 0 Å². The molecule has 0 N–H and O–H groups in total. The Bertz CT molecular complexity index is 496. The quantitative estimate of drug-likeness (QED) is 0.368. The first-order valence-electron chi connectivity index (χ1n) is 10.1. The van der Waals surface area contributed by atoms with E-state index < -0.39 is 0 Å². The predicted octanol–water partition coefficient (Wildman–Crippen LogP) is 4.31. The van der Waals surface area contributed by atoms with Gasteiger partial charge in [-0.25, -0.2) is 0 Å². The fraction of sp³-hybridized carbons (Fsp3) is 0.714. The van der Waals surface area contributed by atoms with Gasteiger partial charge in [-0.05, 0) is 36.1 Å². The molecule has 5 nitrogen and oxygen atoms in total. The van der Waals surface area contributed by atoms with E-state index in [4.69, 9.17) is 23.7 Å². The van der Waals surface area contributed by atoms with E-state index in [9.17, 15) is 0 Å². The second-order valence-electron chi connectivity index (χ2n) is 6.26. The molecule has 27 heavy (non-hydrogen) atoms. The molecule has 1 heterocycles. The lowest BCUT2D eigenvalue weighted by atomic mass is 10.0. The Labute approximate surface area is 173 Å². The third-order valence-corrected chi connectivity index (χ3v) is 3.86. The summed E-state index contributed by atoms with van der Waals surface area (Å²) in [5.41, 5.74) is 2.44. The average molecular weight is 394 g/mol. The predicted molar refractivity (Wildman–Crippen MR) is 109 cm³/mol. The van der Waals surface area contributed by atoms with Gasteiger partial charge in [0.1, 0.15) is 16.3 Å². The highest BCUT2D eigenvalue weighted by Crippen LogP contribution is 2.35. The van der Waals surface area contributed by atoms with E-state index >= 15 is 0 Å². The largest absolute Gasteiger partial charge is 0.454 e. The second-order valence-corrected chi connectivity index (χ2v) is 7.08. The number of aryl methyl sites for hydroxylation is 1. The summed E-state index contributed by atoms with van der Waals surface area (Å²) in [6.07, 6.45) is 4.38. The van der Waals surface area contributed by atoms with Crippen LogP contribution < -0.4 is 9.47 Å². The Morgan fingerprint density at radius 2 is 1.37 bits per heavy atom. The van der Waals surface area contributed by atoms with Gasteiger partial charge in [0.15, 0.2) is 11.5 Å². The molecule has 0 aromatic heterocycles. The Kier molecular flexibility index (Phi) is 14.6. The standard InChI is InChI=1S/C19H30O5.C2H5.Al/c1-3-5-7-20-8-9-21-10-11-22-14-17-13-19-18(23-15-24-19)12-16(17)6-4-2;1-2;/h12-13H,3-11,14-15H2,1-2H3;1H2,2H3;. The zero-order chi connectivity index (χ0) is 19.7. The number of hydrogen-bond donors (Lipinski definition) is 0. The second kappa shape index (κ2) is 16.2. The number of hydrogen-bond acceptors (Lipinski definition) is 5. The summed E-state index contributed by atoms with van der Waals surface area (Å²) < 4.78 is 27.6. The van der Waals surface area contributed by atoms with Crippen molar-refractivity contribution in [1.29, 1.82) is 0 Å². The Morgan fingerprint density at radius 3 is 1.96 bits per heavy atom. The SMILES string of the molecule is CCCCOCCOCCOCc1cc2c(cc1CCC)OCO2.C[CH2][Al]. The van der Waals surface area contributed by atoms with Crippen LogP contribution in [0.3, 0.4) is 0 Å². The van der Waals surface area contributed by atoms with Crippen molar-refractivity contribution in [2.24, 2.45) is 0 Å². The fourth-order valence-corrected chi connectivity index (χ4v) is 2.53. The van der Waals surface area contributed by atoms with Crippen LogP contribution >= 0.6 is 0 Å². The lowest BCUT2D eigenvalue weighted by Crippen LogP contribution is -2.10. The van der Waals surface area contributed by atoms with Crippen molar-refractivity contribution >= 4 is 16.3 Å². The molecule has 0 bridgehead atoms. The zero-order valence-electron chi connectivity index (χ0n) is 17.3. The topological polar surface area (TPSA) is 46.2 Å². The summed E-state index contributed by atoms with van der Waals surface area (Å²) in [4.78, 5) is 0. The maximum absolute atomic E-state index is 5.75. The summed E-state index contributed by atoms with van der Waals surface area (Å²) in [5, 5.41) is 1.17. The first kappa shape index (κ1) is 24.3. The van der Waals surface area contributed by atoms with Gasteiger partial charge in [0.25, 0.3) is 0 Å². The highest BCUT2D eigenvalue weighted by molar-refractivity contribution is 6.08. The summed E-state index contributed by atoms with van der Waals surface area (Å²) in [5.74, 6) is 1.66. The highest BCUT2D eigenvalue weighted by Gasteiger charge is 2.16. The average Bonchev–Trinajstić information content (AvgIpc) is 3.11. The maximum atomic E-state index is 5.75. The first-order valence-corrected chi connectivity index (χ1v) is 10.9. The molecule has 0 saturated carbocycles. The smallest absolute Gasteiger partial charge is 0.231 e. The van der Waals surface area contributed by atoms with E-state index in [1.54, 1.807) is 0 Å². The minimum absolute atomic E-state index is 0.305. The molecule has 2 radical (unpaired) electrons. The number of benzene rings is 1. The van der Waals surface area contributed by atoms with Crippen LogP contribution in [0.1, 0.15) is 51.2 Å². The Balaban J connectivity index is 0.00000114. The van der Waals surface area contributed by atoms with Crippen molar-refractivity contribution in [1.82, 2.24) is 0 Å². The van der Waals surface area contributed by atoms with Gasteiger partial charge < -0.3 is 23.7 Å². The van der Waals surface area contributed by atoms with Crippen LogP contribution in [-0.2, 0) is 27.2 Å². The monoisotopic (exact) mass is 394 g/mol. The van der Waals surface area contributed by atoms with E-state index in [0.717, 1.165) is 43.8 Å². The number of fused-ring (bicyclic) bond motifs is 1. The van der Waals surface area contributed by atoms with Crippen molar-refractivity contribution < 1.29 is 23.7 Å². The number of rotatable bonds is 13. The fourth-order valence-electron chi connectivity index (χ4n) is 2.53. The molecular weight excluding hydrogens is 359 g/mol. The van der Waals surface area contributed by atoms with E-state index in [-0.39, 0.29) is 0 Å². The van der Waals surface area contributed by atoms with Crippen LogP contribution in [0.15, 0.2) is 12.1 Å². The Morgan fingerprint density at radius 1 is 0.815 bits per heavy atom. The van der Waals surface area contributed by atoms with E-state index in [1.807, 2.05) is 6.07 Å². The van der Waals surface area contributed by atoms with Crippen molar-refractivity contribution in [2.45, 2.75) is 58.3 Å². The summed E-state index contributed by atoms with van der Waals surface area (Å²) in [6, 6.07) is 4.12. The summed E-state index contributed by atoms with van der Waals surface area (Å²) in [6.45, 7) is 10.6. The number of unbranched alkanes of at least 4 members (excludes halogenated alkanes) is 1. The normalized spacial score (nSPS) is 12.0. The molecule has 1 aromatic carbocycles. The molecule has 0 atom stereocenters. The summed E-state index contributed by atoms with van der Waals surface area (Å²) >= 11 is 2.58. The highest BCUT2D eigenvalue weighted by atomic mass is 27.0. The molecule has 6 heteroatoms. The summed E-state index contributed by atoms with van der Waals surface area (Å²) in [7, 11) is 0. The van der Waals surface area contributed by atoms with Gasteiger partial charge in [0, 0.05) is 6.61 Å². The van der Waals surface area contributed by atoms with Crippen LogP contribution in [-0.4, -0.2) is 56.1 Å². The molecule has 1 aromatic rings. The van der Waals surface area contributed by atoms with Crippen LogP contribution in [0, 0.1) is 0 Å². The van der Waals surface area contributed by atoms with E-state index in [2.05, 4.69) is 43.1 Å².